The fraction of sp³-hybridized carbons (Fsp3) is 0.360. The second-order valence-corrected chi connectivity index (χ2v) is 8.79. The Morgan fingerprint density at radius 3 is 2.74 bits per heavy atom. The number of benzene rings is 2. The summed E-state index contributed by atoms with van der Waals surface area (Å²) in [6.45, 7) is 2.13. The lowest BCUT2D eigenvalue weighted by atomic mass is 9.94. The quantitative estimate of drug-likeness (QED) is 0.502. The Kier molecular flexibility index (Phi) is 5.22. The molecule has 6 heteroatoms. The number of halogens is 1. The molecule has 0 bridgehead atoms. The van der Waals surface area contributed by atoms with Crippen LogP contribution in [-0.4, -0.2) is 23.1 Å². The molecule has 5 rings (SSSR count). The maximum Gasteiger partial charge on any atom is 0.338 e. The number of esters is 1. The van der Waals surface area contributed by atoms with E-state index in [2.05, 4.69) is 9.88 Å². The van der Waals surface area contributed by atoms with Gasteiger partial charge in [0.25, 0.3) is 0 Å². The minimum atomic E-state index is -0.339. The van der Waals surface area contributed by atoms with Gasteiger partial charge in [-0.3, -0.25) is 4.79 Å². The van der Waals surface area contributed by atoms with Crippen LogP contribution in [0.1, 0.15) is 61.0 Å². The van der Waals surface area contributed by atoms with Gasteiger partial charge in [0.15, 0.2) is 0 Å². The normalized spacial score (nSPS) is 16.4. The number of rotatable bonds is 3. The monoisotopic (exact) mass is 436 g/mol. The van der Waals surface area contributed by atoms with Gasteiger partial charge in [0.2, 0.25) is 5.91 Å². The zero-order valence-corrected chi connectivity index (χ0v) is 18.3. The topological polar surface area (TPSA) is 60.3 Å². The van der Waals surface area contributed by atoms with Crippen LogP contribution in [0, 0.1) is 0 Å². The van der Waals surface area contributed by atoms with E-state index < -0.39 is 0 Å². The van der Waals surface area contributed by atoms with Crippen molar-refractivity contribution in [3.63, 3.8) is 0 Å². The van der Waals surface area contributed by atoms with Crippen molar-refractivity contribution < 1.29 is 14.3 Å². The van der Waals surface area contributed by atoms with Gasteiger partial charge < -0.3 is 14.6 Å². The number of nitrogens with one attached hydrogen (secondary N) is 1. The van der Waals surface area contributed by atoms with Gasteiger partial charge in [-0.15, -0.1) is 0 Å². The number of hydrogen-bond acceptors (Lipinski definition) is 3. The SMILES string of the molecule is CCOC(=O)c1ccc2c(c1)c1c(n2C2CCCCC2)-c2ccc(Cl)cc2NC(=O)C1. The molecular formula is C25H25ClN2O3. The lowest BCUT2D eigenvalue weighted by molar-refractivity contribution is -0.115. The highest BCUT2D eigenvalue weighted by Gasteiger charge is 2.30. The van der Waals surface area contributed by atoms with E-state index in [1.54, 1.807) is 6.92 Å². The number of aromatic nitrogens is 1. The standard InChI is InChI=1S/C25H25ClN2O3/c1-2-31-25(30)15-8-11-22-19(12-15)20-14-23(29)27-21-13-16(26)9-10-18(21)24(20)28(22)17-6-4-3-5-7-17/h8-13,17H,2-7,14H2,1H3,(H,27,29). The van der Waals surface area contributed by atoms with Crippen LogP contribution in [0.25, 0.3) is 22.2 Å². The molecule has 1 N–H and O–H groups in total. The zero-order chi connectivity index (χ0) is 21.5. The number of fused-ring (bicyclic) bond motifs is 5. The summed E-state index contributed by atoms with van der Waals surface area (Å²) >= 11 is 6.25. The first-order chi connectivity index (χ1) is 15.1. The van der Waals surface area contributed by atoms with Crippen molar-refractivity contribution in [2.45, 2.75) is 51.5 Å². The molecule has 2 aromatic carbocycles. The van der Waals surface area contributed by atoms with Gasteiger partial charge in [-0.05, 0) is 61.7 Å². The third kappa shape index (κ3) is 3.51. The first-order valence-corrected chi connectivity index (χ1v) is 11.4. The molecule has 1 fully saturated rings. The molecule has 0 saturated heterocycles. The van der Waals surface area contributed by atoms with Crippen molar-refractivity contribution in [1.29, 1.82) is 0 Å². The van der Waals surface area contributed by atoms with E-state index in [1.807, 2.05) is 36.4 Å². The number of carbonyl (C=O) groups excluding carboxylic acids is 2. The second kappa shape index (κ2) is 8.04. The largest absolute Gasteiger partial charge is 0.462 e. The van der Waals surface area contributed by atoms with Gasteiger partial charge in [-0.25, -0.2) is 4.79 Å². The third-order valence-electron chi connectivity index (χ3n) is 6.41. The van der Waals surface area contributed by atoms with Crippen molar-refractivity contribution in [1.82, 2.24) is 4.57 Å². The number of hydrogen-bond donors (Lipinski definition) is 1. The first-order valence-electron chi connectivity index (χ1n) is 11.0. The van der Waals surface area contributed by atoms with Gasteiger partial charge in [0.05, 0.1) is 30.0 Å². The Morgan fingerprint density at radius 2 is 1.97 bits per heavy atom. The number of ether oxygens (including phenoxy) is 1. The molecule has 1 aliphatic heterocycles. The molecule has 0 atom stereocenters. The van der Waals surface area contributed by atoms with Crippen molar-refractivity contribution in [2.75, 3.05) is 11.9 Å². The molecule has 3 aromatic rings. The molecule has 1 amide bonds. The smallest absolute Gasteiger partial charge is 0.338 e. The summed E-state index contributed by atoms with van der Waals surface area (Å²) in [5.74, 6) is -0.416. The first kappa shape index (κ1) is 20.1. The van der Waals surface area contributed by atoms with Crippen molar-refractivity contribution >= 4 is 40.1 Å². The molecule has 160 valence electrons. The fourth-order valence-corrected chi connectivity index (χ4v) is 5.27. The Hall–Kier alpha value is -2.79. The summed E-state index contributed by atoms with van der Waals surface area (Å²) in [5, 5.41) is 4.56. The maximum atomic E-state index is 12.8. The molecule has 1 aliphatic carbocycles. The average molecular weight is 437 g/mol. The number of nitrogens with zero attached hydrogens (tertiary/aromatic N) is 1. The van der Waals surface area contributed by atoms with E-state index >= 15 is 0 Å². The molecule has 31 heavy (non-hydrogen) atoms. The van der Waals surface area contributed by atoms with Crippen LogP contribution in [0.2, 0.25) is 5.02 Å². The van der Waals surface area contributed by atoms with E-state index in [1.165, 1.54) is 19.3 Å². The summed E-state index contributed by atoms with van der Waals surface area (Å²) in [6.07, 6.45) is 6.14. The second-order valence-electron chi connectivity index (χ2n) is 8.36. The molecule has 0 unspecified atom stereocenters. The molecule has 2 heterocycles. The summed E-state index contributed by atoms with van der Waals surface area (Å²) in [6, 6.07) is 11.8. The maximum absolute atomic E-state index is 12.8. The zero-order valence-electron chi connectivity index (χ0n) is 17.5. The Morgan fingerprint density at radius 1 is 1.16 bits per heavy atom. The average Bonchev–Trinajstić information content (AvgIpc) is 2.99. The van der Waals surface area contributed by atoms with E-state index in [4.69, 9.17) is 16.3 Å². The Labute approximate surface area is 186 Å². The van der Waals surface area contributed by atoms with E-state index in [9.17, 15) is 9.59 Å². The highest BCUT2D eigenvalue weighted by atomic mass is 35.5. The summed E-state index contributed by atoms with van der Waals surface area (Å²) in [5.41, 5.74) is 5.32. The fourth-order valence-electron chi connectivity index (χ4n) is 5.09. The Bertz CT molecular complexity index is 1190. The molecular weight excluding hydrogens is 412 g/mol. The van der Waals surface area contributed by atoms with Gasteiger partial charge in [0, 0.05) is 27.5 Å². The molecule has 1 saturated carbocycles. The van der Waals surface area contributed by atoms with Crippen molar-refractivity contribution in [3.8, 4) is 11.3 Å². The van der Waals surface area contributed by atoms with Crippen LogP contribution >= 0.6 is 11.6 Å². The van der Waals surface area contributed by atoms with Crippen molar-refractivity contribution in [3.05, 3.63) is 52.5 Å². The van der Waals surface area contributed by atoms with Crippen LogP contribution in [0.4, 0.5) is 5.69 Å². The van der Waals surface area contributed by atoms with Gasteiger partial charge >= 0.3 is 5.97 Å². The van der Waals surface area contributed by atoms with Crippen LogP contribution in [0.15, 0.2) is 36.4 Å². The molecule has 5 nitrogen and oxygen atoms in total. The summed E-state index contributed by atoms with van der Waals surface area (Å²) in [4.78, 5) is 25.2. The van der Waals surface area contributed by atoms with Crippen LogP contribution in [-0.2, 0) is 16.0 Å². The van der Waals surface area contributed by atoms with E-state index in [0.29, 0.717) is 23.2 Å². The lowest BCUT2D eigenvalue weighted by Crippen LogP contribution is -2.14. The predicted octanol–water partition coefficient (Wildman–Crippen LogP) is 6.14. The summed E-state index contributed by atoms with van der Waals surface area (Å²) in [7, 11) is 0. The highest BCUT2D eigenvalue weighted by molar-refractivity contribution is 6.31. The molecule has 0 spiro atoms. The number of carbonyl (C=O) groups is 2. The molecule has 0 radical (unpaired) electrons. The van der Waals surface area contributed by atoms with Crippen LogP contribution < -0.4 is 5.32 Å². The number of anilines is 1. The lowest BCUT2D eigenvalue weighted by Gasteiger charge is -2.27. The van der Waals surface area contributed by atoms with Gasteiger partial charge in [-0.1, -0.05) is 30.9 Å². The Balaban J connectivity index is 1.81. The molecule has 1 aromatic heterocycles. The van der Waals surface area contributed by atoms with Crippen LogP contribution in [0.5, 0.6) is 0 Å². The minimum absolute atomic E-state index is 0.0773. The third-order valence-corrected chi connectivity index (χ3v) is 6.64. The van der Waals surface area contributed by atoms with Crippen LogP contribution in [0.3, 0.4) is 0 Å². The predicted molar refractivity (Wildman–Crippen MR) is 123 cm³/mol. The number of amides is 1. The van der Waals surface area contributed by atoms with Gasteiger partial charge in [-0.2, -0.15) is 0 Å². The van der Waals surface area contributed by atoms with E-state index in [-0.39, 0.29) is 18.3 Å². The highest BCUT2D eigenvalue weighted by Crippen LogP contribution is 2.45. The van der Waals surface area contributed by atoms with E-state index in [0.717, 1.165) is 46.3 Å². The minimum Gasteiger partial charge on any atom is -0.462 e. The molecule has 2 aliphatic rings. The summed E-state index contributed by atoms with van der Waals surface area (Å²) < 4.78 is 7.63. The van der Waals surface area contributed by atoms with Gasteiger partial charge in [0.1, 0.15) is 0 Å². The van der Waals surface area contributed by atoms with Crippen molar-refractivity contribution in [2.24, 2.45) is 0 Å².